The average molecular weight is 274 g/mol. The standard InChI is InChI=1S/C18H26O2/c1-11(2)14-6-7-16(17(9-14)12(3)4)18(19)15-8-13(5)20-10-15/h6-7,9,11-13,15H,8,10H2,1-5H3. The number of hydrogen-bond acceptors (Lipinski definition) is 2. The summed E-state index contributed by atoms with van der Waals surface area (Å²) < 4.78 is 5.55. The molecule has 0 bridgehead atoms. The first-order valence-electron chi connectivity index (χ1n) is 7.69. The molecule has 1 aliphatic heterocycles. The zero-order valence-corrected chi connectivity index (χ0v) is 13.3. The smallest absolute Gasteiger partial charge is 0.168 e. The molecule has 2 heteroatoms. The van der Waals surface area contributed by atoms with E-state index >= 15 is 0 Å². The van der Waals surface area contributed by atoms with Gasteiger partial charge in [-0.3, -0.25) is 4.79 Å². The number of ether oxygens (including phenoxy) is 1. The number of Topliss-reactive ketones (excluding diaryl/α,β-unsaturated/α-hetero) is 1. The van der Waals surface area contributed by atoms with E-state index < -0.39 is 0 Å². The number of hydrogen-bond donors (Lipinski definition) is 0. The van der Waals surface area contributed by atoms with E-state index in [0.29, 0.717) is 18.4 Å². The zero-order valence-electron chi connectivity index (χ0n) is 13.3. The predicted octanol–water partition coefficient (Wildman–Crippen LogP) is 4.54. The molecule has 0 spiro atoms. The van der Waals surface area contributed by atoms with Gasteiger partial charge in [-0.1, -0.05) is 45.9 Å². The SMILES string of the molecule is CC1CC(C(=O)c2ccc(C(C)C)cc2C(C)C)CO1. The van der Waals surface area contributed by atoms with E-state index in [2.05, 4.69) is 39.8 Å². The number of ketones is 1. The Morgan fingerprint density at radius 3 is 2.40 bits per heavy atom. The predicted molar refractivity (Wildman–Crippen MR) is 82.5 cm³/mol. The highest BCUT2D eigenvalue weighted by Gasteiger charge is 2.30. The summed E-state index contributed by atoms with van der Waals surface area (Å²) in [6, 6.07) is 6.33. The van der Waals surface area contributed by atoms with Crippen LogP contribution in [0.15, 0.2) is 18.2 Å². The Morgan fingerprint density at radius 2 is 1.90 bits per heavy atom. The summed E-state index contributed by atoms with van der Waals surface area (Å²) in [5, 5.41) is 0. The summed E-state index contributed by atoms with van der Waals surface area (Å²) in [6.45, 7) is 11.3. The second-order valence-electron chi connectivity index (χ2n) is 6.60. The van der Waals surface area contributed by atoms with Crippen LogP contribution >= 0.6 is 0 Å². The largest absolute Gasteiger partial charge is 0.378 e. The Hall–Kier alpha value is -1.15. The molecule has 2 rings (SSSR count). The van der Waals surface area contributed by atoms with Crippen molar-refractivity contribution in [3.8, 4) is 0 Å². The molecule has 0 radical (unpaired) electrons. The summed E-state index contributed by atoms with van der Waals surface area (Å²) in [5.74, 6) is 1.15. The van der Waals surface area contributed by atoms with Gasteiger partial charge in [-0.05, 0) is 36.3 Å². The van der Waals surface area contributed by atoms with Crippen LogP contribution in [0.2, 0.25) is 0 Å². The first kappa shape index (κ1) is 15.2. The third kappa shape index (κ3) is 3.12. The summed E-state index contributed by atoms with van der Waals surface area (Å²) >= 11 is 0. The molecule has 0 aliphatic carbocycles. The number of benzene rings is 1. The highest BCUT2D eigenvalue weighted by atomic mass is 16.5. The third-order valence-corrected chi connectivity index (χ3v) is 4.20. The molecule has 1 aliphatic rings. The highest BCUT2D eigenvalue weighted by molar-refractivity contribution is 5.99. The van der Waals surface area contributed by atoms with Crippen LogP contribution in [0.5, 0.6) is 0 Å². The van der Waals surface area contributed by atoms with Crippen molar-refractivity contribution in [2.24, 2.45) is 5.92 Å². The Kier molecular flexibility index (Phi) is 4.64. The second-order valence-corrected chi connectivity index (χ2v) is 6.60. The van der Waals surface area contributed by atoms with Crippen molar-refractivity contribution in [1.82, 2.24) is 0 Å². The van der Waals surface area contributed by atoms with Crippen LogP contribution in [0.25, 0.3) is 0 Å². The van der Waals surface area contributed by atoms with Gasteiger partial charge in [0.15, 0.2) is 5.78 Å². The molecule has 1 saturated heterocycles. The first-order chi connectivity index (χ1) is 9.40. The first-order valence-corrected chi connectivity index (χ1v) is 7.69. The molecule has 1 heterocycles. The Balaban J connectivity index is 2.33. The summed E-state index contributed by atoms with van der Waals surface area (Å²) in [5.41, 5.74) is 3.38. The molecule has 0 saturated carbocycles. The normalized spacial score (nSPS) is 22.8. The summed E-state index contributed by atoms with van der Waals surface area (Å²) in [7, 11) is 0. The van der Waals surface area contributed by atoms with Gasteiger partial charge in [0, 0.05) is 11.5 Å². The summed E-state index contributed by atoms with van der Waals surface area (Å²) in [4.78, 5) is 12.7. The van der Waals surface area contributed by atoms with Gasteiger partial charge in [0.1, 0.15) is 0 Å². The number of carbonyl (C=O) groups is 1. The molecule has 2 atom stereocenters. The van der Waals surface area contributed by atoms with Crippen molar-refractivity contribution in [1.29, 1.82) is 0 Å². The number of carbonyl (C=O) groups excluding carboxylic acids is 1. The minimum Gasteiger partial charge on any atom is -0.378 e. The van der Waals surface area contributed by atoms with Gasteiger partial charge in [0.05, 0.1) is 12.7 Å². The van der Waals surface area contributed by atoms with Gasteiger partial charge >= 0.3 is 0 Å². The van der Waals surface area contributed by atoms with Gasteiger partial charge in [-0.25, -0.2) is 0 Å². The number of rotatable bonds is 4. The van der Waals surface area contributed by atoms with Gasteiger partial charge < -0.3 is 4.74 Å². The highest BCUT2D eigenvalue weighted by Crippen LogP contribution is 2.29. The van der Waals surface area contributed by atoms with Crippen LogP contribution in [-0.2, 0) is 4.74 Å². The molecule has 2 unspecified atom stereocenters. The van der Waals surface area contributed by atoms with Crippen LogP contribution < -0.4 is 0 Å². The molecule has 0 N–H and O–H groups in total. The van der Waals surface area contributed by atoms with Crippen molar-refractivity contribution in [3.05, 3.63) is 34.9 Å². The van der Waals surface area contributed by atoms with E-state index in [4.69, 9.17) is 4.74 Å². The maximum absolute atomic E-state index is 12.7. The maximum Gasteiger partial charge on any atom is 0.168 e. The monoisotopic (exact) mass is 274 g/mol. The maximum atomic E-state index is 12.7. The van der Waals surface area contributed by atoms with Gasteiger partial charge in [0.2, 0.25) is 0 Å². The topological polar surface area (TPSA) is 26.3 Å². The molecule has 1 aromatic carbocycles. The van der Waals surface area contributed by atoms with Crippen LogP contribution in [0.3, 0.4) is 0 Å². The lowest BCUT2D eigenvalue weighted by molar-refractivity contribution is 0.0876. The van der Waals surface area contributed by atoms with Crippen molar-refractivity contribution in [2.45, 2.75) is 59.0 Å². The van der Waals surface area contributed by atoms with Crippen LogP contribution in [-0.4, -0.2) is 18.5 Å². The fourth-order valence-corrected chi connectivity index (χ4v) is 2.86. The summed E-state index contributed by atoms with van der Waals surface area (Å²) in [6.07, 6.45) is 1.06. The van der Waals surface area contributed by atoms with Gasteiger partial charge in [-0.2, -0.15) is 0 Å². The Morgan fingerprint density at radius 1 is 1.20 bits per heavy atom. The molecule has 0 amide bonds. The van der Waals surface area contributed by atoms with Crippen molar-refractivity contribution < 1.29 is 9.53 Å². The minimum absolute atomic E-state index is 0.0346. The van der Waals surface area contributed by atoms with E-state index in [1.165, 1.54) is 11.1 Å². The van der Waals surface area contributed by atoms with E-state index in [9.17, 15) is 4.79 Å². The molecule has 20 heavy (non-hydrogen) atoms. The lowest BCUT2D eigenvalue weighted by Crippen LogP contribution is -2.17. The van der Waals surface area contributed by atoms with Crippen molar-refractivity contribution in [2.75, 3.05) is 6.61 Å². The zero-order chi connectivity index (χ0) is 14.9. The molecular formula is C18H26O2. The average Bonchev–Trinajstić information content (AvgIpc) is 2.83. The fourth-order valence-electron chi connectivity index (χ4n) is 2.86. The lowest BCUT2D eigenvalue weighted by Gasteiger charge is -2.17. The fraction of sp³-hybridized carbons (Fsp3) is 0.611. The second kappa shape index (κ2) is 6.09. The quantitative estimate of drug-likeness (QED) is 0.753. The van der Waals surface area contributed by atoms with E-state index in [1.54, 1.807) is 0 Å². The van der Waals surface area contributed by atoms with E-state index in [1.807, 2.05) is 13.0 Å². The van der Waals surface area contributed by atoms with Crippen molar-refractivity contribution in [3.63, 3.8) is 0 Å². The van der Waals surface area contributed by atoms with Crippen LogP contribution in [0.1, 0.15) is 74.4 Å². The van der Waals surface area contributed by atoms with Gasteiger partial charge in [0.25, 0.3) is 0 Å². The molecule has 0 aromatic heterocycles. The molecule has 110 valence electrons. The minimum atomic E-state index is 0.0346. The molecular weight excluding hydrogens is 248 g/mol. The Bertz CT molecular complexity index is 488. The van der Waals surface area contributed by atoms with E-state index in [0.717, 1.165) is 12.0 Å². The lowest BCUT2D eigenvalue weighted by atomic mass is 9.86. The van der Waals surface area contributed by atoms with Gasteiger partial charge in [-0.15, -0.1) is 0 Å². The molecule has 1 aromatic rings. The molecule has 1 fully saturated rings. The third-order valence-electron chi connectivity index (χ3n) is 4.20. The van der Waals surface area contributed by atoms with Crippen LogP contribution in [0.4, 0.5) is 0 Å². The molecule has 2 nitrogen and oxygen atoms in total. The Labute approximate surface area is 122 Å². The van der Waals surface area contributed by atoms with Crippen LogP contribution in [0, 0.1) is 5.92 Å². The van der Waals surface area contributed by atoms with Crippen molar-refractivity contribution >= 4 is 5.78 Å². The van der Waals surface area contributed by atoms with E-state index in [-0.39, 0.29) is 17.8 Å².